The van der Waals surface area contributed by atoms with Gasteiger partial charge in [-0.1, -0.05) is 0 Å². The highest BCUT2D eigenvalue weighted by atomic mass is 16.6. The van der Waals surface area contributed by atoms with Gasteiger partial charge in [0.05, 0.1) is 178 Å². The second-order valence-electron chi connectivity index (χ2n) is 11.2. The van der Waals surface area contributed by atoms with Gasteiger partial charge >= 0.3 is 0 Å². The van der Waals surface area contributed by atoms with Crippen LogP contribution in [0.1, 0.15) is 6.92 Å². The fourth-order valence-corrected chi connectivity index (χ4v) is 4.13. The lowest BCUT2D eigenvalue weighted by molar-refractivity contribution is -0.0120. The molecule has 0 heterocycles. The maximum absolute atomic E-state index is 8.67. The van der Waals surface area contributed by atoms with Crippen LogP contribution in [-0.4, -0.2) is 215 Å². The Labute approximate surface area is 333 Å². The van der Waals surface area contributed by atoms with Gasteiger partial charge in [0.2, 0.25) is 0 Å². The molecule has 0 saturated carbocycles. The third kappa shape index (κ3) is 37.6. The highest BCUT2D eigenvalue weighted by Gasteiger charge is 2.06. The van der Waals surface area contributed by atoms with E-state index in [4.69, 9.17) is 86.0 Å². The van der Waals surface area contributed by atoms with Crippen molar-refractivity contribution in [2.75, 3.05) is 205 Å². The molecule has 0 saturated heterocycles. The van der Waals surface area contributed by atoms with E-state index in [0.29, 0.717) is 209 Å². The lowest BCUT2D eigenvalue weighted by atomic mass is 10.3. The molecule has 0 fully saturated rings. The Hall–Kier alpha value is -1.98. The number of aliphatic hydroxyl groups excluding tert-OH is 2. The molecule has 330 valence electrons. The molecule has 1 aromatic rings. The number of benzene rings is 1. The largest absolute Gasteiger partial charge is 0.491 e. The molecule has 18 heteroatoms. The van der Waals surface area contributed by atoms with Crippen LogP contribution >= 0.6 is 0 Å². The van der Waals surface area contributed by atoms with Crippen molar-refractivity contribution >= 4 is 0 Å². The highest BCUT2D eigenvalue weighted by molar-refractivity contribution is 5.42. The lowest BCUT2D eigenvalue weighted by Gasteiger charge is -2.14. The van der Waals surface area contributed by atoms with Crippen LogP contribution in [0.2, 0.25) is 0 Å². The van der Waals surface area contributed by atoms with E-state index in [2.05, 4.69) is 0 Å². The van der Waals surface area contributed by atoms with Gasteiger partial charge in [-0.2, -0.15) is 0 Å². The third-order valence-electron chi connectivity index (χ3n) is 6.74. The first kappa shape index (κ1) is 52.0. The summed E-state index contributed by atoms with van der Waals surface area (Å²) in [6, 6.07) is 5.37. The minimum atomic E-state index is 0.00221. The van der Waals surface area contributed by atoms with E-state index in [1.54, 1.807) is 18.2 Å². The van der Waals surface area contributed by atoms with Crippen molar-refractivity contribution in [3.8, 4) is 17.2 Å². The zero-order chi connectivity index (χ0) is 40.1. The van der Waals surface area contributed by atoms with Gasteiger partial charge in [-0.3, -0.25) is 0 Å². The van der Waals surface area contributed by atoms with E-state index < -0.39 is 0 Å². The molecule has 0 aliphatic carbocycles. The van der Waals surface area contributed by atoms with Crippen molar-refractivity contribution in [1.82, 2.24) is 0 Å². The van der Waals surface area contributed by atoms with Crippen molar-refractivity contribution in [2.45, 2.75) is 6.92 Å². The summed E-state index contributed by atoms with van der Waals surface area (Å²) in [5.74, 6) is 1.72. The molecule has 1 rings (SSSR count). The summed E-state index contributed by atoms with van der Waals surface area (Å²) in [6.45, 7) is 14.7. The number of hydrogen-bond donors (Lipinski definition) is 2. The molecule has 0 aromatic heterocycles. The number of hydrogen-bond acceptors (Lipinski definition) is 18. The second kappa shape index (κ2) is 44.1. The molecule has 56 heavy (non-hydrogen) atoms. The van der Waals surface area contributed by atoms with Gasteiger partial charge in [-0.05, 0) is 6.92 Å². The minimum Gasteiger partial charge on any atom is -0.491 e. The average molecular weight is 815 g/mol. The molecule has 1 aromatic carbocycles. The van der Waals surface area contributed by atoms with Crippen LogP contribution in [0.15, 0.2) is 18.2 Å². The summed E-state index contributed by atoms with van der Waals surface area (Å²) in [5.41, 5.74) is 0. The van der Waals surface area contributed by atoms with Crippen molar-refractivity contribution in [2.24, 2.45) is 0 Å². The van der Waals surface area contributed by atoms with Gasteiger partial charge in [0.25, 0.3) is 0 Å². The maximum Gasteiger partial charge on any atom is 0.126 e. The van der Waals surface area contributed by atoms with Crippen LogP contribution in [0.5, 0.6) is 17.2 Å². The highest BCUT2D eigenvalue weighted by Crippen LogP contribution is 2.28. The van der Waals surface area contributed by atoms with Gasteiger partial charge in [-0.15, -0.1) is 0 Å². The predicted molar refractivity (Wildman–Crippen MR) is 203 cm³/mol. The third-order valence-corrected chi connectivity index (χ3v) is 6.74. The van der Waals surface area contributed by atoms with Crippen LogP contribution in [0, 0.1) is 0 Å². The number of rotatable bonds is 47. The summed E-state index contributed by atoms with van der Waals surface area (Å²) in [4.78, 5) is 0. The van der Waals surface area contributed by atoms with Crippen molar-refractivity contribution in [3.05, 3.63) is 18.2 Å². The summed E-state index contributed by atoms with van der Waals surface area (Å²) < 4.78 is 88.3. The standard InChI is InChI=1S/C38H70O18/c1-2-41-7-8-44-13-14-47-19-20-50-23-26-53-29-32-56-38-34-36(54-30-27-51-24-21-48-17-15-45-11-9-42-5-3-39)33-37(35-38)55-31-28-52-25-22-49-18-16-46-12-10-43-6-4-40/h33-35,39-40H,2-32H2,1H3. The average Bonchev–Trinajstić information content (AvgIpc) is 3.21. The molecule has 2 N–H and O–H groups in total. The predicted octanol–water partition coefficient (Wildman–Crippen LogP) is 1.04. The Bertz CT molecular complexity index is 867. The Kier molecular flexibility index (Phi) is 41.0. The first-order valence-corrected chi connectivity index (χ1v) is 19.6. The second-order valence-corrected chi connectivity index (χ2v) is 11.2. The Balaban J connectivity index is 2.27. The smallest absolute Gasteiger partial charge is 0.126 e. The molecule has 0 aliphatic heterocycles. The van der Waals surface area contributed by atoms with E-state index in [1.165, 1.54) is 0 Å². The van der Waals surface area contributed by atoms with Gasteiger partial charge < -0.3 is 86.0 Å². The zero-order valence-electron chi connectivity index (χ0n) is 33.6. The fraction of sp³-hybridized carbons (Fsp3) is 0.842. The van der Waals surface area contributed by atoms with E-state index in [1.807, 2.05) is 6.92 Å². The summed E-state index contributed by atoms with van der Waals surface area (Å²) >= 11 is 0. The molecule has 18 nitrogen and oxygen atoms in total. The van der Waals surface area contributed by atoms with E-state index in [-0.39, 0.29) is 13.2 Å². The molecule has 0 radical (unpaired) electrons. The SMILES string of the molecule is CCOCCOCCOCCOCCOCCOc1cc(OCCOCCOCCOCCOCCO)cc(OCCOCCOCCOCCOCCO)c1. The Morgan fingerprint density at radius 3 is 0.643 bits per heavy atom. The Morgan fingerprint density at radius 1 is 0.268 bits per heavy atom. The molecule has 0 spiro atoms. The van der Waals surface area contributed by atoms with Gasteiger partial charge in [0.15, 0.2) is 0 Å². The van der Waals surface area contributed by atoms with Crippen LogP contribution < -0.4 is 14.2 Å². The first-order valence-electron chi connectivity index (χ1n) is 19.6. The van der Waals surface area contributed by atoms with Crippen molar-refractivity contribution in [3.63, 3.8) is 0 Å². The molecule has 0 bridgehead atoms. The van der Waals surface area contributed by atoms with Crippen molar-refractivity contribution in [1.29, 1.82) is 0 Å². The van der Waals surface area contributed by atoms with Crippen LogP contribution in [0.4, 0.5) is 0 Å². The van der Waals surface area contributed by atoms with Crippen molar-refractivity contribution < 1.29 is 86.0 Å². The van der Waals surface area contributed by atoms with Crippen LogP contribution in [-0.2, 0) is 61.6 Å². The Morgan fingerprint density at radius 2 is 0.446 bits per heavy atom. The molecular formula is C38H70O18. The lowest BCUT2D eigenvalue weighted by Crippen LogP contribution is -2.15. The van der Waals surface area contributed by atoms with E-state index >= 15 is 0 Å². The van der Waals surface area contributed by atoms with E-state index in [0.717, 1.165) is 0 Å². The quantitative estimate of drug-likeness (QED) is 0.0888. The van der Waals surface area contributed by atoms with Crippen LogP contribution in [0.25, 0.3) is 0 Å². The van der Waals surface area contributed by atoms with Gasteiger partial charge in [0.1, 0.15) is 37.1 Å². The fourth-order valence-electron chi connectivity index (χ4n) is 4.13. The number of aliphatic hydroxyl groups is 2. The summed E-state index contributed by atoms with van der Waals surface area (Å²) in [5, 5.41) is 17.3. The monoisotopic (exact) mass is 814 g/mol. The first-order chi connectivity index (χ1) is 27.8. The normalized spacial score (nSPS) is 11.4. The molecular weight excluding hydrogens is 744 g/mol. The maximum atomic E-state index is 8.67. The molecule has 0 atom stereocenters. The van der Waals surface area contributed by atoms with Crippen LogP contribution in [0.3, 0.4) is 0 Å². The topological polar surface area (TPSA) is 188 Å². The molecule has 0 aliphatic rings. The number of ether oxygens (including phenoxy) is 16. The zero-order valence-corrected chi connectivity index (χ0v) is 33.6. The minimum absolute atomic E-state index is 0.00221. The summed E-state index contributed by atoms with van der Waals surface area (Å²) in [7, 11) is 0. The van der Waals surface area contributed by atoms with Gasteiger partial charge in [-0.25, -0.2) is 0 Å². The summed E-state index contributed by atoms with van der Waals surface area (Å²) in [6.07, 6.45) is 0. The molecule has 0 unspecified atom stereocenters. The van der Waals surface area contributed by atoms with Gasteiger partial charge in [0, 0.05) is 24.8 Å². The van der Waals surface area contributed by atoms with E-state index in [9.17, 15) is 0 Å². The molecule has 0 amide bonds.